The van der Waals surface area contributed by atoms with E-state index in [1.807, 2.05) is 118 Å². The van der Waals surface area contributed by atoms with Gasteiger partial charge in [-0.15, -0.1) is 0 Å². The molecule has 0 radical (unpaired) electrons. The highest BCUT2D eigenvalue weighted by atomic mass is 19.3. The quantitative estimate of drug-likeness (QED) is 0.0506. The summed E-state index contributed by atoms with van der Waals surface area (Å²) in [5.41, 5.74) is 13.2. The second-order valence-corrected chi connectivity index (χ2v) is 36.4. The van der Waals surface area contributed by atoms with E-state index >= 15 is 17.6 Å². The predicted octanol–water partition coefficient (Wildman–Crippen LogP) is 17.8. The Hall–Kier alpha value is -10.5. The van der Waals surface area contributed by atoms with Gasteiger partial charge in [0.2, 0.25) is 11.8 Å². The maximum atomic E-state index is 16.6. The van der Waals surface area contributed by atoms with Gasteiger partial charge in [0.25, 0.3) is 11.8 Å². The lowest BCUT2D eigenvalue weighted by molar-refractivity contribution is -0.136. The summed E-state index contributed by atoms with van der Waals surface area (Å²) in [5.74, 6) is -4.90. The first-order valence-corrected chi connectivity index (χ1v) is 41.0. The zero-order valence-corrected chi connectivity index (χ0v) is 66.2. The molecule has 2 spiro atoms. The third kappa shape index (κ3) is 13.0. The van der Waals surface area contributed by atoms with Crippen molar-refractivity contribution in [3.63, 3.8) is 0 Å². The standard InChI is InChI=1S/C48H52F2N6O5.C43H44F2N6O3/c1-25(2)40(54-44(58)60-6)43(57)55-24-47(15-16-47)22-39(55)42-51-23-38(53-42)28-9-13-33-32-12-8-27(19-34(32)48(49,50)35(33)20-28)26-10-14-36-30(17-26)21-37(52-36)41-29-7-11-31(18-29)56(41)45(59)61-46(3,4)5;1-22(2)37(50-41(53)54-3)40(52)51-21-42(12-13-42)19-36(51)39-46-20-35(49-39)25-6-10-30-29-9-5-24(16-31(29)43(44,45)32(30)17-25)23-7-11-33-27(14-23)18-34(48-33)38-26-4-8-28(15-26)47-38/h8-10,12-14,17,19-20,23,25,29,31,39-41H,7,11,15-16,18,21-22,24H2,1-6H3,(H,51,53)(H,54,58);5-7,9-11,14,16-17,20,22,26,28,36-38,47H,4,8,12-13,15,18-19,21H2,1-3H3,(H,46,49)(H,50,53). The van der Waals surface area contributed by atoms with Crippen molar-refractivity contribution >= 4 is 52.9 Å². The van der Waals surface area contributed by atoms with Crippen molar-refractivity contribution in [1.82, 2.24) is 50.6 Å². The summed E-state index contributed by atoms with van der Waals surface area (Å²) in [6.45, 7) is 14.4. The third-order valence-electron chi connectivity index (χ3n) is 27.1. The van der Waals surface area contributed by atoms with Crippen LogP contribution in [0.25, 0.3) is 67.0 Å². The van der Waals surface area contributed by atoms with Gasteiger partial charge in [-0.1, -0.05) is 88.4 Å². The van der Waals surface area contributed by atoms with Gasteiger partial charge in [0.15, 0.2) is 0 Å². The first-order chi connectivity index (χ1) is 55.0. The molecule has 20 rings (SSSR count). The van der Waals surface area contributed by atoms with Crippen molar-refractivity contribution in [2.75, 3.05) is 27.3 Å². The number of alkyl carbamates (subject to hydrolysis) is 2. The number of likely N-dealkylation sites (tertiary alicyclic amines) is 3. The fraction of sp³-hybridized carbons (Fsp3) is 0.462. The third-order valence-corrected chi connectivity index (χ3v) is 27.1. The average Bonchev–Trinajstić information content (AvgIpc) is 1.58. The molecule has 5 amide bonds. The summed E-state index contributed by atoms with van der Waals surface area (Å²) in [5, 5.41) is 9.18. The molecule has 115 heavy (non-hydrogen) atoms. The first-order valence-electron chi connectivity index (χ1n) is 41.0. The number of halogens is 4. The van der Waals surface area contributed by atoms with E-state index in [1.165, 1.54) is 39.2 Å². The molecule has 596 valence electrons. The van der Waals surface area contributed by atoms with Gasteiger partial charge in [-0.3, -0.25) is 24.5 Å². The van der Waals surface area contributed by atoms with E-state index in [0.717, 1.165) is 109 Å². The van der Waals surface area contributed by atoms with E-state index in [9.17, 15) is 24.0 Å². The topological polar surface area (TPSA) is 241 Å². The number of H-pyrrole nitrogens is 2. The Balaban J connectivity index is 0.000000155. The van der Waals surface area contributed by atoms with Crippen molar-refractivity contribution in [3.8, 4) is 67.0 Å². The molecular formula is C91H96F4N12O8. The van der Waals surface area contributed by atoms with Gasteiger partial charge >= 0.3 is 18.3 Å². The first kappa shape index (κ1) is 74.6. The number of carbonyl (C=O) groups is 5. The molecule has 24 heteroatoms. The number of piperidine rings is 2. The number of fused-ring (bicyclic) bond motifs is 12. The van der Waals surface area contributed by atoms with Crippen LogP contribution in [0.5, 0.6) is 0 Å². The van der Waals surface area contributed by atoms with Crippen LogP contribution in [-0.2, 0) is 48.5 Å². The van der Waals surface area contributed by atoms with Gasteiger partial charge in [-0.25, -0.2) is 24.4 Å². The normalized spacial score (nSPS) is 24.7. The number of imidazole rings is 2. The smallest absolute Gasteiger partial charge is 0.411 e. The summed E-state index contributed by atoms with van der Waals surface area (Å²) >= 11 is 0. The second kappa shape index (κ2) is 27.3. The van der Waals surface area contributed by atoms with Gasteiger partial charge < -0.3 is 49.9 Å². The zero-order valence-electron chi connectivity index (χ0n) is 66.2. The Morgan fingerprint density at radius 2 is 0.957 bits per heavy atom. The van der Waals surface area contributed by atoms with E-state index < -0.39 is 41.7 Å². The molecule has 10 atom stereocenters. The number of rotatable bonds is 14. The number of amides is 5. The van der Waals surface area contributed by atoms with Crippen molar-refractivity contribution in [2.24, 2.45) is 44.5 Å². The zero-order chi connectivity index (χ0) is 79.8. The minimum Gasteiger partial charge on any atom is -0.453 e. The van der Waals surface area contributed by atoms with Crippen molar-refractivity contribution < 1.29 is 55.7 Å². The van der Waals surface area contributed by atoms with Crippen LogP contribution in [-0.4, -0.2) is 145 Å². The lowest BCUT2D eigenvalue weighted by Crippen LogP contribution is -2.51. The number of nitrogens with one attached hydrogen (secondary N) is 5. The Labute approximate surface area is 665 Å². The molecule has 4 bridgehead atoms. The summed E-state index contributed by atoms with van der Waals surface area (Å²) in [6, 6.07) is 32.0. The van der Waals surface area contributed by atoms with Crippen LogP contribution in [0.2, 0.25) is 0 Å². The molecule has 8 aromatic rings. The van der Waals surface area contributed by atoms with Crippen LogP contribution in [0.4, 0.5) is 43.3 Å². The largest absolute Gasteiger partial charge is 0.453 e. The van der Waals surface area contributed by atoms with Crippen molar-refractivity contribution in [2.45, 2.75) is 204 Å². The number of nitrogens with zero attached hydrogens (tertiary/aromatic N) is 7. The fourth-order valence-corrected chi connectivity index (χ4v) is 20.7. The number of aliphatic imine (C=N–C) groups is 2. The van der Waals surface area contributed by atoms with E-state index in [0.29, 0.717) is 105 Å². The van der Waals surface area contributed by atoms with E-state index in [1.54, 1.807) is 54.9 Å². The van der Waals surface area contributed by atoms with Gasteiger partial charge in [0.05, 0.1) is 67.5 Å². The Kier molecular flexibility index (Phi) is 17.7. The summed E-state index contributed by atoms with van der Waals surface area (Å²) in [6.07, 6.45) is 15.4. The van der Waals surface area contributed by atoms with Gasteiger partial charge in [-0.05, 0) is 236 Å². The molecule has 5 N–H and O–H groups in total. The monoisotopic (exact) mass is 1560 g/mol. The van der Waals surface area contributed by atoms with Crippen LogP contribution in [0.3, 0.4) is 0 Å². The average molecular weight is 1560 g/mol. The van der Waals surface area contributed by atoms with E-state index in [2.05, 4.69) is 38.1 Å². The Bertz CT molecular complexity index is 5440. The number of methoxy groups -OCH3 is 2. The highest BCUT2D eigenvalue weighted by molar-refractivity contribution is 6.01. The van der Waals surface area contributed by atoms with Crippen LogP contribution >= 0.6 is 0 Å². The fourth-order valence-electron chi connectivity index (χ4n) is 20.7. The molecule has 8 heterocycles. The Morgan fingerprint density at radius 1 is 0.530 bits per heavy atom. The maximum absolute atomic E-state index is 16.6. The molecule has 6 aromatic carbocycles. The maximum Gasteiger partial charge on any atom is 0.411 e. The molecule has 4 saturated heterocycles. The Morgan fingerprint density at radius 3 is 1.38 bits per heavy atom. The van der Waals surface area contributed by atoms with E-state index in [4.69, 9.17) is 34.2 Å². The predicted molar refractivity (Wildman–Crippen MR) is 428 cm³/mol. The molecule has 6 aliphatic heterocycles. The second-order valence-electron chi connectivity index (χ2n) is 36.4. The van der Waals surface area contributed by atoms with Crippen molar-refractivity contribution in [3.05, 3.63) is 167 Å². The number of aromatic nitrogens is 4. The summed E-state index contributed by atoms with van der Waals surface area (Å²) in [7, 11) is 2.55. The van der Waals surface area contributed by atoms with Crippen LogP contribution in [0.15, 0.2) is 132 Å². The molecular weight excluding hydrogens is 1470 g/mol. The molecule has 10 unspecified atom stereocenters. The number of hydrogen-bond donors (Lipinski definition) is 5. The van der Waals surface area contributed by atoms with Gasteiger partial charge in [0.1, 0.15) is 29.3 Å². The lowest BCUT2D eigenvalue weighted by atomic mass is 9.91. The summed E-state index contributed by atoms with van der Waals surface area (Å²) < 4.78 is 81.5. The highest BCUT2D eigenvalue weighted by Gasteiger charge is 2.58. The molecule has 2 aromatic heterocycles. The SMILES string of the molecule is COC(=O)NC(C(=O)N1CC2(CC2)CC1c1ncc(-c2ccc3c(c2)C(F)(F)c2cc(-c4ccc5c(c4)CC(C4C6CCC(C6)N4C(=O)OC(C)(C)C)=N5)ccc2-3)[nH]1)C(C)C.COC(=O)NC(C(=O)N1CC2(CC2)CC1c1ncc(-c2ccc3c(c2)C(F)(F)c2cc(-c4ccc5c(c4)CC(C4NC6CCC4C6)=N5)ccc2-3)[nH]1)C(C)C. The highest BCUT2D eigenvalue weighted by Crippen LogP contribution is 2.61. The molecule has 12 aliphatic rings. The molecule has 8 fully saturated rings. The molecule has 20 nitrogen and oxygen atoms in total. The number of aromatic amines is 2. The molecule has 4 saturated carbocycles. The minimum absolute atomic E-state index is 0.0104. The lowest BCUT2D eigenvalue weighted by Gasteiger charge is -2.36. The number of hydrogen-bond acceptors (Lipinski definition) is 13. The van der Waals surface area contributed by atoms with Gasteiger partial charge in [0, 0.05) is 88.9 Å². The number of benzene rings is 6. The van der Waals surface area contributed by atoms with Crippen LogP contribution in [0.1, 0.15) is 183 Å². The van der Waals surface area contributed by atoms with Gasteiger partial charge in [-0.2, -0.15) is 17.6 Å². The van der Waals surface area contributed by atoms with E-state index in [-0.39, 0.29) is 87.0 Å². The van der Waals surface area contributed by atoms with Crippen LogP contribution < -0.4 is 16.0 Å². The molecule has 6 aliphatic carbocycles. The van der Waals surface area contributed by atoms with Crippen LogP contribution in [0, 0.1) is 34.5 Å². The summed E-state index contributed by atoms with van der Waals surface area (Å²) in [4.78, 5) is 97.2. The number of alkyl halides is 4. The van der Waals surface area contributed by atoms with Crippen molar-refractivity contribution in [1.29, 1.82) is 0 Å². The number of carbonyl (C=O) groups excluding carboxylic acids is 5. The minimum atomic E-state index is -3.25. The number of ether oxygens (including phenoxy) is 3.